The Morgan fingerprint density at radius 3 is 2.45 bits per heavy atom. The van der Waals surface area contributed by atoms with Crippen molar-refractivity contribution in [2.45, 2.75) is 18.9 Å². The number of hydrogen-bond donors (Lipinski definition) is 4. The van der Waals surface area contributed by atoms with Crippen molar-refractivity contribution in [2.24, 2.45) is 0 Å². The Hall–Kier alpha value is -2.20. The molecule has 0 saturated carbocycles. The number of rotatable bonds is 2. The molecular weight excluding hydrogens is 254 g/mol. The zero-order valence-electron chi connectivity index (χ0n) is 11.0. The first kappa shape index (κ1) is 12.8. The molecule has 1 aliphatic heterocycles. The van der Waals surface area contributed by atoms with Crippen LogP contribution in [-0.4, -0.2) is 21.9 Å². The highest BCUT2D eigenvalue weighted by molar-refractivity contribution is 5.48. The minimum Gasteiger partial charge on any atom is -0.508 e. The molecule has 4 N–H and O–H groups in total. The summed E-state index contributed by atoms with van der Waals surface area (Å²) in [5.74, 6) is 0.116. The van der Waals surface area contributed by atoms with E-state index in [0.717, 1.165) is 36.1 Å². The summed E-state index contributed by atoms with van der Waals surface area (Å²) >= 11 is 0. The molecule has 0 unspecified atom stereocenters. The number of nitrogens with one attached hydrogen (secondary N) is 1. The largest absolute Gasteiger partial charge is 0.508 e. The van der Waals surface area contributed by atoms with Gasteiger partial charge in [0.05, 0.1) is 0 Å². The van der Waals surface area contributed by atoms with Gasteiger partial charge in [0.15, 0.2) is 11.5 Å². The third-order valence-corrected chi connectivity index (χ3v) is 3.77. The van der Waals surface area contributed by atoms with Gasteiger partial charge in [-0.25, -0.2) is 0 Å². The second kappa shape index (κ2) is 5.06. The Morgan fingerprint density at radius 2 is 1.70 bits per heavy atom. The summed E-state index contributed by atoms with van der Waals surface area (Å²) in [7, 11) is 0. The van der Waals surface area contributed by atoms with E-state index in [1.165, 1.54) is 0 Å². The quantitative estimate of drug-likeness (QED) is 0.632. The Balaban J connectivity index is 1.89. The Bertz CT molecular complexity index is 622. The Morgan fingerprint density at radius 1 is 1.00 bits per heavy atom. The van der Waals surface area contributed by atoms with Crippen molar-refractivity contribution in [1.82, 2.24) is 5.32 Å². The number of benzene rings is 2. The van der Waals surface area contributed by atoms with Crippen LogP contribution in [-0.2, 0) is 12.8 Å². The van der Waals surface area contributed by atoms with Crippen molar-refractivity contribution >= 4 is 0 Å². The van der Waals surface area contributed by atoms with Crippen LogP contribution in [0.4, 0.5) is 0 Å². The summed E-state index contributed by atoms with van der Waals surface area (Å²) < 4.78 is 0. The van der Waals surface area contributed by atoms with E-state index in [0.29, 0.717) is 0 Å². The van der Waals surface area contributed by atoms with Gasteiger partial charge in [0.2, 0.25) is 0 Å². The van der Waals surface area contributed by atoms with E-state index >= 15 is 0 Å². The molecule has 0 saturated heterocycles. The number of phenols is 3. The predicted molar refractivity (Wildman–Crippen MR) is 76.0 cm³/mol. The molecule has 4 heteroatoms. The van der Waals surface area contributed by atoms with Crippen LogP contribution in [0.2, 0.25) is 0 Å². The Labute approximate surface area is 117 Å². The standard InChI is InChI=1S/C16H17NO3/c18-12-3-1-10(2-4-12)7-14-13-9-16(20)15(19)8-11(13)5-6-17-14/h1-4,8-9,14,17-20H,5-7H2/t14-/m0/s1. The molecule has 0 radical (unpaired) electrons. The summed E-state index contributed by atoms with van der Waals surface area (Å²) in [5.41, 5.74) is 3.21. The minimum atomic E-state index is -0.0804. The highest BCUT2D eigenvalue weighted by Gasteiger charge is 2.21. The van der Waals surface area contributed by atoms with Crippen LogP contribution in [0.5, 0.6) is 17.2 Å². The van der Waals surface area contributed by atoms with Gasteiger partial charge in [0, 0.05) is 6.04 Å². The molecular formula is C16H17NO3. The topological polar surface area (TPSA) is 72.7 Å². The van der Waals surface area contributed by atoms with Crippen molar-refractivity contribution < 1.29 is 15.3 Å². The second-order valence-electron chi connectivity index (χ2n) is 5.17. The van der Waals surface area contributed by atoms with Crippen LogP contribution >= 0.6 is 0 Å². The SMILES string of the molecule is Oc1ccc(C[C@@H]2NCCc3cc(O)c(O)cc32)cc1. The van der Waals surface area contributed by atoms with Gasteiger partial charge in [-0.3, -0.25) is 0 Å². The van der Waals surface area contributed by atoms with Gasteiger partial charge < -0.3 is 20.6 Å². The van der Waals surface area contributed by atoms with Gasteiger partial charge in [0.25, 0.3) is 0 Å². The lowest BCUT2D eigenvalue weighted by Crippen LogP contribution is -2.31. The molecule has 0 amide bonds. The van der Waals surface area contributed by atoms with Gasteiger partial charge in [-0.15, -0.1) is 0 Å². The van der Waals surface area contributed by atoms with Crippen LogP contribution in [0.15, 0.2) is 36.4 Å². The smallest absolute Gasteiger partial charge is 0.157 e. The highest BCUT2D eigenvalue weighted by atomic mass is 16.3. The van der Waals surface area contributed by atoms with Crippen LogP contribution in [0.1, 0.15) is 22.7 Å². The molecule has 3 rings (SSSR count). The van der Waals surface area contributed by atoms with Gasteiger partial charge >= 0.3 is 0 Å². The molecule has 1 heterocycles. The molecule has 104 valence electrons. The van der Waals surface area contributed by atoms with Gasteiger partial charge in [-0.05, 0) is 60.3 Å². The molecule has 20 heavy (non-hydrogen) atoms. The third-order valence-electron chi connectivity index (χ3n) is 3.77. The van der Waals surface area contributed by atoms with Crippen LogP contribution in [0, 0.1) is 0 Å². The first-order chi connectivity index (χ1) is 9.63. The molecule has 1 aliphatic rings. The van der Waals surface area contributed by atoms with E-state index in [1.807, 2.05) is 12.1 Å². The summed E-state index contributed by atoms with van der Waals surface area (Å²) in [6, 6.07) is 10.5. The maximum Gasteiger partial charge on any atom is 0.157 e. The van der Waals surface area contributed by atoms with Crippen LogP contribution in [0.3, 0.4) is 0 Å². The van der Waals surface area contributed by atoms with E-state index in [2.05, 4.69) is 5.32 Å². The average molecular weight is 271 g/mol. The van der Waals surface area contributed by atoms with E-state index in [1.54, 1.807) is 24.3 Å². The zero-order valence-corrected chi connectivity index (χ0v) is 11.0. The molecule has 4 nitrogen and oxygen atoms in total. The third kappa shape index (κ3) is 2.42. The Kier molecular flexibility index (Phi) is 3.24. The highest BCUT2D eigenvalue weighted by Crippen LogP contribution is 2.34. The van der Waals surface area contributed by atoms with E-state index in [9.17, 15) is 15.3 Å². The molecule has 0 fully saturated rings. The maximum absolute atomic E-state index is 9.68. The fourth-order valence-corrected chi connectivity index (χ4v) is 2.72. The number of aromatic hydroxyl groups is 3. The number of fused-ring (bicyclic) bond motifs is 1. The maximum atomic E-state index is 9.68. The zero-order chi connectivity index (χ0) is 14.1. The van der Waals surface area contributed by atoms with E-state index in [4.69, 9.17) is 0 Å². The number of hydrogen-bond acceptors (Lipinski definition) is 4. The molecule has 2 aromatic rings. The molecule has 0 spiro atoms. The minimum absolute atomic E-state index is 0.0611. The summed E-state index contributed by atoms with van der Waals surface area (Å²) in [4.78, 5) is 0. The van der Waals surface area contributed by atoms with Crippen molar-refractivity contribution in [3.05, 3.63) is 53.1 Å². The summed E-state index contributed by atoms with van der Waals surface area (Å²) in [6.45, 7) is 0.847. The van der Waals surface area contributed by atoms with Crippen molar-refractivity contribution in [2.75, 3.05) is 6.54 Å². The molecule has 2 aromatic carbocycles. The first-order valence-corrected chi connectivity index (χ1v) is 6.69. The lowest BCUT2D eigenvalue weighted by atomic mass is 9.90. The van der Waals surface area contributed by atoms with Gasteiger partial charge in [0.1, 0.15) is 5.75 Å². The lowest BCUT2D eigenvalue weighted by Gasteiger charge is -2.27. The van der Waals surface area contributed by atoms with E-state index < -0.39 is 0 Å². The van der Waals surface area contributed by atoms with Gasteiger partial charge in [-0.2, -0.15) is 0 Å². The second-order valence-corrected chi connectivity index (χ2v) is 5.17. The van der Waals surface area contributed by atoms with Gasteiger partial charge in [-0.1, -0.05) is 12.1 Å². The predicted octanol–water partition coefficient (Wildman–Crippen LogP) is 2.23. The normalized spacial score (nSPS) is 17.7. The molecule has 0 aromatic heterocycles. The summed E-state index contributed by atoms with van der Waals surface area (Å²) in [5, 5.41) is 32.0. The molecule has 1 atom stereocenters. The van der Waals surface area contributed by atoms with Crippen molar-refractivity contribution in [3.8, 4) is 17.2 Å². The van der Waals surface area contributed by atoms with Crippen molar-refractivity contribution in [3.63, 3.8) is 0 Å². The average Bonchev–Trinajstić information content (AvgIpc) is 2.43. The fraction of sp³-hybridized carbons (Fsp3) is 0.250. The van der Waals surface area contributed by atoms with Crippen LogP contribution in [0.25, 0.3) is 0 Å². The van der Waals surface area contributed by atoms with E-state index in [-0.39, 0.29) is 23.3 Å². The van der Waals surface area contributed by atoms with Crippen LogP contribution < -0.4 is 5.32 Å². The monoisotopic (exact) mass is 271 g/mol. The summed E-state index contributed by atoms with van der Waals surface area (Å²) in [6.07, 6.45) is 1.62. The number of phenolic OH excluding ortho intramolecular Hbond substituents is 3. The van der Waals surface area contributed by atoms with Crippen molar-refractivity contribution in [1.29, 1.82) is 0 Å². The fourth-order valence-electron chi connectivity index (χ4n) is 2.72. The lowest BCUT2D eigenvalue weighted by molar-refractivity contribution is 0.398. The molecule has 0 aliphatic carbocycles. The molecule has 0 bridgehead atoms. The first-order valence-electron chi connectivity index (χ1n) is 6.69.